The van der Waals surface area contributed by atoms with Gasteiger partial charge in [-0.2, -0.15) is 0 Å². The molecule has 0 radical (unpaired) electrons. The monoisotopic (exact) mass is 241 g/mol. The maximum atomic E-state index is 8.56. The number of hydrogen-bond donors (Lipinski definition) is 1. The molecule has 0 unspecified atom stereocenters. The van der Waals surface area contributed by atoms with Gasteiger partial charge in [0.15, 0.2) is 0 Å². The van der Waals surface area contributed by atoms with Crippen LogP contribution in [0.15, 0.2) is 29.3 Å². The number of aryl methyl sites for hydroxylation is 2. The minimum absolute atomic E-state index is 0.748. The van der Waals surface area contributed by atoms with Gasteiger partial charge < -0.3 is 0 Å². The van der Waals surface area contributed by atoms with E-state index in [4.69, 9.17) is 5.41 Å². The predicted molar refractivity (Wildman–Crippen MR) is 78.5 cm³/mol. The second kappa shape index (κ2) is 5.09. The van der Waals surface area contributed by atoms with Crippen LogP contribution in [0.5, 0.6) is 0 Å². The first kappa shape index (κ1) is 13.1. The van der Waals surface area contributed by atoms with E-state index in [0.717, 1.165) is 23.6 Å². The Morgan fingerprint density at radius 3 is 2.22 bits per heavy atom. The van der Waals surface area contributed by atoms with E-state index in [9.17, 15) is 0 Å². The quantitative estimate of drug-likeness (QED) is 0.732. The zero-order valence-corrected chi connectivity index (χ0v) is 11.9. The van der Waals surface area contributed by atoms with Crippen LogP contribution in [0.2, 0.25) is 0 Å². The highest BCUT2D eigenvalue weighted by atomic mass is 14.5. The minimum atomic E-state index is 0.748. The van der Waals surface area contributed by atoms with Gasteiger partial charge in [0, 0.05) is 5.56 Å². The Hall–Kier alpha value is -1.37. The van der Waals surface area contributed by atoms with Crippen LogP contribution in [0.1, 0.15) is 49.8 Å². The van der Waals surface area contributed by atoms with Crippen molar-refractivity contribution in [3.63, 3.8) is 0 Å². The van der Waals surface area contributed by atoms with Crippen molar-refractivity contribution >= 4 is 5.71 Å². The molecule has 1 heteroatoms. The summed E-state index contributed by atoms with van der Waals surface area (Å²) in [5.74, 6) is 0.754. The molecule has 1 fully saturated rings. The van der Waals surface area contributed by atoms with E-state index < -0.39 is 0 Å². The van der Waals surface area contributed by atoms with Gasteiger partial charge in [-0.3, -0.25) is 5.41 Å². The third kappa shape index (κ3) is 2.40. The lowest BCUT2D eigenvalue weighted by Gasteiger charge is -2.16. The SMILES string of the molecule is CC/C(C(=N)c1c(C)cccc1C)=C(/C)C1CC1. The molecule has 0 saturated heterocycles. The van der Waals surface area contributed by atoms with Crippen molar-refractivity contribution in [2.75, 3.05) is 0 Å². The van der Waals surface area contributed by atoms with Crippen molar-refractivity contribution in [1.82, 2.24) is 0 Å². The fraction of sp³-hybridized carbons (Fsp3) is 0.471. The van der Waals surface area contributed by atoms with Gasteiger partial charge in [0.05, 0.1) is 5.71 Å². The molecule has 1 saturated carbocycles. The molecular weight excluding hydrogens is 218 g/mol. The van der Waals surface area contributed by atoms with Crippen LogP contribution >= 0.6 is 0 Å². The van der Waals surface area contributed by atoms with E-state index in [-0.39, 0.29) is 0 Å². The van der Waals surface area contributed by atoms with E-state index >= 15 is 0 Å². The number of rotatable bonds is 4. The summed E-state index contributed by atoms with van der Waals surface area (Å²) in [7, 11) is 0. The summed E-state index contributed by atoms with van der Waals surface area (Å²) in [6.07, 6.45) is 3.60. The van der Waals surface area contributed by atoms with Crippen molar-refractivity contribution in [3.05, 3.63) is 46.0 Å². The molecule has 18 heavy (non-hydrogen) atoms. The summed E-state index contributed by atoms with van der Waals surface area (Å²) in [5.41, 5.74) is 7.02. The molecule has 1 aliphatic carbocycles. The summed E-state index contributed by atoms with van der Waals surface area (Å²) in [5, 5.41) is 8.56. The molecule has 2 rings (SSSR count). The fourth-order valence-corrected chi connectivity index (χ4v) is 2.78. The first-order valence-corrected chi connectivity index (χ1v) is 6.91. The zero-order chi connectivity index (χ0) is 13.3. The van der Waals surface area contributed by atoms with Gasteiger partial charge in [-0.05, 0) is 62.7 Å². The molecule has 1 aliphatic rings. The first-order valence-electron chi connectivity index (χ1n) is 6.91. The van der Waals surface area contributed by atoms with Gasteiger partial charge in [-0.25, -0.2) is 0 Å². The summed E-state index contributed by atoms with van der Waals surface area (Å²) >= 11 is 0. The molecule has 0 atom stereocenters. The highest BCUT2D eigenvalue weighted by Gasteiger charge is 2.26. The van der Waals surface area contributed by atoms with Gasteiger partial charge in [0.2, 0.25) is 0 Å². The second-order valence-electron chi connectivity index (χ2n) is 5.43. The van der Waals surface area contributed by atoms with Crippen molar-refractivity contribution < 1.29 is 0 Å². The molecule has 96 valence electrons. The maximum absolute atomic E-state index is 8.56. The Balaban J connectivity index is 2.44. The van der Waals surface area contributed by atoms with Crippen LogP contribution in [0, 0.1) is 25.2 Å². The van der Waals surface area contributed by atoms with Crippen LogP contribution in [0.3, 0.4) is 0 Å². The summed E-state index contributed by atoms with van der Waals surface area (Å²) < 4.78 is 0. The van der Waals surface area contributed by atoms with E-state index in [1.54, 1.807) is 0 Å². The summed E-state index contributed by atoms with van der Waals surface area (Å²) in [6.45, 7) is 8.61. The van der Waals surface area contributed by atoms with Crippen LogP contribution < -0.4 is 0 Å². The fourth-order valence-electron chi connectivity index (χ4n) is 2.78. The Kier molecular flexibility index (Phi) is 3.70. The lowest BCUT2D eigenvalue weighted by atomic mass is 9.89. The van der Waals surface area contributed by atoms with Crippen LogP contribution in [-0.2, 0) is 0 Å². The van der Waals surface area contributed by atoms with Gasteiger partial charge in [0.1, 0.15) is 0 Å². The molecule has 0 aromatic heterocycles. The topological polar surface area (TPSA) is 23.9 Å². The Morgan fingerprint density at radius 2 is 1.78 bits per heavy atom. The lowest BCUT2D eigenvalue weighted by molar-refractivity contribution is 0.958. The molecule has 0 heterocycles. The molecule has 1 aromatic carbocycles. The molecule has 0 amide bonds. The van der Waals surface area contributed by atoms with E-state index in [0.29, 0.717) is 0 Å². The maximum Gasteiger partial charge on any atom is 0.0648 e. The van der Waals surface area contributed by atoms with E-state index in [2.05, 4.69) is 45.9 Å². The highest BCUT2D eigenvalue weighted by molar-refractivity contribution is 6.12. The normalized spacial score (nSPS) is 16.4. The van der Waals surface area contributed by atoms with Gasteiger partial charge in [0.25, 0.3) is 0 Å². The van der Waals surface area contributed by atoms with Gasteiger partial charge in [-0.1, -0.05) is 30.7 Å². The zero-order valence-electron chi connectivity index (χ0n) is 11.9. The summed E-state index contributed by atoms with van der Waals surface area (Å²) in [6, 6.07) is 6.29. The van der Waals surface area contributed by atoms with Crippen molar-refractivity contribution in [3.8, 4) is 0 Å². The third-order valence-electron chi connectivity index (χ3n) is 4.05. The van der Waals surface area contributed by atoms with Crippen LogP contribution in [0.4, 0.5) is 0 Å². The average Bonchev–Trinajstić information content (AvgIpc) is 3.13. The largest absolute Gasteiger partial charge is 0.300 e. The summed E-state index contributed by atoms with van der Waals surface area (Å²) in [4.78, 5) is 0. The molecule has 1 nitrogen and oxygen atoms in total. The van der Waals surface area contributed by atoms with Crippen molar-refractivity contribution in [2.45, 2.75) is 47.0 Å². The van der Waals surface area contributed by atoms with Crippen LogP contribution in [0.25, 0.3) is 0 Å². The standard InChI is InChI=1S/C17H23N/c1-5-15(13(4)14-9-10-14)17(18)16-11(2)7-6-8-12(16)3/h6-8,14,18H,5,9-10H2,1-4H3/b15-13+,18-17?. The van der Waals surface area contributed by atoms with Crippen molar-refractivity contribution in [2.24, 2.45) is 5.92 Å². The van der Waals surface area contributed by atoms with E-state index in [1.807, 2.05) is 0 Å². The van der Waals surface area contributed by atoms with E-state index in [1.165, 1.54) is 35.1 Å². The molecular formula is C17H23N. The number of nitrogens with one attached hydrogen (secondary N) is 1. The number of benzene rings is 1. The number of allylic oxidation sites excluding steroid dienone is 2. The van der Waals surface area contributed by atoms with Crippen molar-refractivity contribution in [1.29, 1.82) is 5.41 Å². The molecule has 1 N–H and O–H groups in total. The molecule has 0 bridgehead atoms. The third-order valence-corrected chi connectivity index (χ3v) is 4.05. The highest BCUT2D eigenvalue weighted by Crippen LogP contribution is 2.39. The molecule has 1 aromatic rings. The van der Waals surface area contributed by atoms with Gasteiger partial charge >= 0.3 is 0 Å². The Morgan fingerprint density at radius 1 is 1.22 bits per heavy atom. The Labute approximate surface area is 110 Å². The average molecular weight is 241 g/mol. The molecule has 0 aliphatic heterocycles. The minimum Gasteiger partial charge on any atom is -0.300 e. The lowest BCUT2D eigenvalue weighted by Crippen LogP contribution is -2.10. The predicted octanol–water partition coefficient (Wildman–Crippen LogP) is 4.81. The first-order chi connectivity index (χ1) is 8.56. The second-order valence-corrected chi connectivity index (χ2v) is 5.43. The number of hydrogen-bond acceptors (Lipinski definition) is 1. The van der Waals surface area contributed by atoms with Crippen LogP contribution in [-0.4, -0.2) is 5.71 Å². The Bertz CT molecular complexity index is 484. The molecule has 0 spiro atoms. The van der Waals surface area contributed by atoms with Gasteiger partial charge in [-0.15, -0.1) is 0 Å². The smallest absolute Gasteiger partial charge is 0.0648 e.